The molecular formula is C19H22O7. The number of phenolic OH excluding ortho intramolecular Hbond substituents is 1. The summed E-state index contributed by atoms with van der Waals surface area (Å²) >= 11 is 0. The van der Waals surface area contributed by atoms with Crippen molar-refractivity contribution in [1.82, 2.24) is 0 Å². The van der Waals surface area contributed by atoms with Crippen LogP contribution in [0.2, 0.25) is 0 Å². The lowest BCUT2D eigenvalue weighted by molar-refractivity contribution is 0.102. The number of benzene rings is 2. The summed E-state index contributed by atoms with van der Waals surface area (Å²) in [5, 5.41) is 10.4. The molecule has 0 aromatic heterocycles. The first-order valence-electron chi connectivity index (χ1n) is 7.74. The van der Waals surface area contributed by atoms with E-state index < -0.39 is 0 Å². The fraction of sp³-hybridized carbons (Fsp3) is 0.316. The van der Waals surface area contributed by atoms with E-state index in [1.807, 2.05) is 0 Å². The van der Waals surface area contributed by atoms with Crippen LogP contribution in [0.25, 0.3) is 0 Å². The zero-order chi connectivity index (χ0) is 19.3. The molecule has 0 spiro atoms. The Bertz CT molecular complexity index is 799. The van der Waals surface area contributed by atoms with Crippen LogP contribution in [0.5, 0.6) is 28.7 Å². The molecule has 0 saturated carbocycles. The van der Waals surface area contributed by atoms with E-state index >= 15 is 0 Å². The van der Waals surface area contributed by atoms with Crippen LogP contribution in [0, 0.1) is 0 Å². The zero-order valence-electron chi connectivity index (χ0n) is 15.4. The number of methoxy groups -OCH3 is 5. The number of ketones is 1. The molecule has 140 valence electrons. The third-order valence-corrected chi connectivity index (χ3v) is 3.90. The van der Waals surface area contributed by atoms with Gasteiger partial charge < -0.3 is 28.8 Å². The van der Waals surface area contributed by atoms with Crippen molar-refractivity contribution in [1.29, 1.82) is 0 Å². The highest BCUT2D eigenvalue weighted by Crippen LogP contribution is 2.42. The second-order valence-corrected chi connectivity index (χ2v) is 5.33. The van der Waals surface area contributed by atoms with Crippen LogP contribution in [0.1, 0.15) is 21.5 Å². The zero-order valence-corrected chi connectivity index (χ0v) is 15.4. The number of hydrogen-bond donors (Lipinski definition) is 1. The van der Waals surface area contributed by atoms with Crippen molar-refractivity contribution in [3.63, 3.8) is 0 Å². The first-order chi connectivity index (χ1) is 12.5. The van der Waals surface area contributed by atoms with Gasteiger partial charge >= 0.3 is 0 Å². The maximum atomic E-state index is 13.2. The van der Waals surface area contributed by atoms with Gasteiger partial charge in [-0.25, -0.2) is 0 Å². The van der Waals surface area contributed by atoms with Crippen LogP contribution in [0.4, 0.5) is 0 Å². The molecule has 0 bridgehead atoms. The third kappa shape index (κ3) is 3.52. The molecule has 0 unspecified atom stereocenters. The van der Waals surface area contributed by atoms with Gasteiger partial charge in [-0.3, -0.25) is 4.79 Å². The lowest BCUT2D eigenvalue weighted by atomic mass is 9.96. The van der Waals surface area contributed by atoms with Crippen LogP contribution in [0.15, 0.2) is 24.3 Å². The van der Waals surface area contributed by atoms with Gasteiger partial charge in [0.2, 0.25) is 5.75 Å². The van der Waals surface area contributed by atoms with Gasteiger partial charge in [-0.15, -0.1) is 0 Å². The number of rotatable bonds is 8. The van der Waals surface area contributed by atoms with E-state index in [2.05, 4.69) is 0 Å². The van der Waals surface area contributed by atoms with Gasteiger partial charge in [0.15, 0.2) is 28.8 Å². The molecule has 2 aromatic rings. The van der Waals surface area contributed by atoms with E-state index in [9.17, 15) is 9.90 Å². The minimum absolute atomic E-state index is 0.0242. The van der Waals surface area contributed by atoms with Crippen molar-refractivity contribution >= 4 is 5.78 Å². The summed E-state index contributed by atoms with van der Waals surface area (Å²) < 4.78 is 26.1. The molecule has 0 radical (unpaired) electrons. The molecule has 0 fully saturated rings. The Morgan fingerprint density at radius 3 is 2.08 bits per heavy atom. The molecule has 0 aliphatic heterocycles. The van der Waals surface area contributed by atoms with E-state index in [0.717, 1.165) is 0 Å². The summed E-state index contributed by atoms with van der Waals surface area (Å²) in [6.45, 7) is 0.140. The van der Waals surface area contributed by atoms with Gasteiger partial charge in [0.25, 0.3) is 0 Å². The predicted octanol–water partition coefficient (Wildman–Crippen LogP) is 2.80. The van der Waals surface area contributed by atoms with E-state index in [0.29, 0.717) is 22.6 Å². The van der Waals surface area contributed by atoms with Crippen LogP contribution in [-0.2, 0) is 11.3 Å². The second-order valence-electron chi connectivity index (χ2n) is 5.33. The fourth-order valence-electron chi connectivity index (χ4n) is 2.67. The Morgan fingerprint density at radius 2 is 1.54 bits per heavy atom. The number of carbonyl (C=O) groups is 1. The van der Waals surface area contributed by atoms with Crippen molar-refractivity contribution in [2.75, 3.05) is 35.5 Å². The number of ether oxygens (including phenoxy) is 5. The molecule has 7 heteroatoms. The van der Waals surface area contributed by atoms with E-state index in [1.54, 1.807) is 24.3 Å². The Balaban J connectivity index is 2.66. The first kappa shape index (κ1) is 19.4. The average molecular weight is 362 g/mol. The predicted molar refractivity (Wildman–Crippen MR) is 94.9 cm³/mol. The first-order valence-corrected chi connectivity index (χ1v) is 7.74. The Morgan fingerprint density at radius 1 is 0.885 bits per heavy atom. The molecule has 26 heavy (non-hydrogen) atoms. The van der Waals surface area contributed by atoms with Gasteiger partial charge in [-0.2, -0.15) is 0 Å². The molecule has 0 saturated heterocycles. The number of aromatic hydroxyl groups is 1. The van der Waals surface area contributed by atoms with Gasteiger partial charge in [-0.05, 0) is 29.8 Å². The molecule has 0 amide bonds. The molecule has 2 aromatic carbocycles. The standard InChI is InChI=1S/C19H22O7/c1-22-10-12-9-15(25-4)18(21)19(26-5)16(12)17(20)11-6-7-13(23-2)14(8-11)24-3/h6-9,21H,10H2,1-5H3. The highest BCUT2D eigenvalue weighted by Gasteiger charge is 2.26. The summed E-state index contributed by atoms with van der Waals surface area (Å²) in [4.78, 5) is 13.2. The smallest absolute Gasteiger partial charge is 0.201 e. The highest BCUT2D eigenvalue weighted by molar-refractivity contribution is 6.12. The second kappa shape index (κ2) is 8.44. The van der Waals surface area contributed by atoms with Crippen LogP contribution >= 0.6 is 0 Å². The molecule has 0 aliphatic rings. The summed E-state index contributed by atoms with van der Waals surface area (Å²) in [6, 6.07) is 6.37. The average Bonchev–Trinajstić information content (AvgIpc) is 2.67. The largest absolute Gasteiger partial charge is 0.502 e. The Hall–Kier alpha value is -2.93. The third-order valence-electron chi connectivity index (χ3n) is 3.90. The normalized spacial score (nSPS) is 10.3. The topological polar surface area (TPSA) is 83.5 Å². The molecule has 2 rings (SSSR count). The van der Waals surface area contributed by atoms with Gasteiger partial charge in [0, 0.05) is 12.7 Å². The molecule has 0 aliphatic carbocycles. The molecule has 0 atom stereocenters. The van der Waals surface area contributed by atoms with E-state index in [4.69, 9.17) is 23.7 Å². The number of phenols is 1. The molecule has 1 N–H and O–H groups in total. The summed E-state index contributed by atoms with van der Waals surface area (Å²) in [5.74, 6) is 0.537. The number of carbonyl (C=O) groups excluding carboxylic acids is 1. The quantitative estimate of drug-likeness (QED) is 0.723. The van der Waals surface area contributed by atoms with Crippen molar-refractivity contribution in [3.05, 3.63) is 41.0 Å². The van der Waals surface area contributed by atoms with Crippen molar-refractivity contribution in [2.45, 2.75) is 6.61 Å². The summed E-state index contributed by atoms with van der Waals surface area (Å²) in [6.07, 6.45) is 0. The molecule has 7 nitrogen and oxygen atoms in total. The van der Waals surface area contributed by atoms with E-state index in [-0.39, 0.29) is 35.2 Å². The van der Waals surface area contributed by atoms with Gasteiger partial charge in [0.1, 0.15) is 0 Å². The fourth-order valence-corrected chi connectivity index (χ4v) is 2.67. The molecular weight excluding hydrogens is 340 g/mol. The summed E-state index contributed by atoms with van der Waals surface area (Å²) in [7, 11) is 7.30. The lowest BCUT2D eigenvalue weighted by Crippen LogP contribution is -2.10. The van der Waals surface area contributed by atoms with Gasteiger partial charge in [-0.1, -0.05) is 0 Å². The van der Waals surface area contributed by atoms with Crippen molar-refractivity contribution in [2.24, 2.45) is 0 Å². The monoisotopic (exact) mass is 362 g/mol. The Kier molecular flexibility index (Phi) is 6.30. The van der Waals surface area contributed by atoms with Crippen molar-refractivity contribution in [3.8, 4) is 28.7 Å². The SMILES string of the molecule is COCc1cc(OC)c(O)c(OC)c1C(=O)c1ccc(OC)c(OC)c1. The van der Waals surface area contributed by atoms with Crippen LogP contribution in [-0.4, -0.2) is 46.4 Å². The minimum Gasteiger partial charge on any atom is -0.502 e. The maximum absolute atomic E-state index is 13.2. The highest BCUT2D eigenvalue weighted by atomic mass is 16.5. The van der Waals surface area contributed by atoms with Gasteiger partial charge in [0.05, 0.1) is 40.6 Å². The van der Waals surface area contributed by atoms with Crippen LogP contribution < -0.4 is 18.9 Å². The lowest BCUT2D eigenvalue weighted by Gasteiger charge is -2.17. The van der Waals surface area contributed by atoms with Crippen molar-refractivity contribution < 1.29 is 33.6 Å². The minimum atomic E-state index is -0.354. The Labute approximate surface area is 152 Å². The summed E-state index contributed by atoms with van der Waals surface area (Å²) in [5.41, 5.74) is 1.07. The van der Waals surface area contributed by atoms with E-state index in [1.165, 1.54) is 35.5 Å². The maximum Gasteiger partial charge on any atom is 0.201 e. The number of hydrogen-bond acceptors (Lipinski definition) is 7. The molecule has 0 heterocycles. The van der Waals surface area contributed by atoms with Crippen LogP contribution in [0.3, 0.4) is 0 Å².